The van der Waals surface area contributed by atoms with Gasteiger partial charge in [0.25, 0.3) is 5.91 Å². The van der Waals surface area contributed by atoms with E-state index in [1.54, 1.807) is 47.2 Å². The van der Waals surface area contributed by atoms with Crippen LogP contribution in [0.25, 0.3) is 0 Å². The Morgan fingerprint density at radius 2 is 2.00 bits per heavy atom. The number of nitrogens with zero attached hydrogens (tertiary/aromatic N) is 2. The topological polar surface area (TPSA) is 52.7 Å². The first-order valence-electron chi connectivity index (χ1n) is 7.70. The number of carbonyl (C=O) groups excluding carboxylic acids is 2. The van der Waals surface area contributed by atoms with E-state index in [0.29, 0.717) is 30.2 Å². The van der Waals surface area contributed by atoms with E-state index in [4.69, 9.17) is 11.6 Å². The Balaban J connectivity index is 1.69. The van der Waals surface area contributed by atoms with Crippen LogP contribution < -0.4 is 10.2 Å². The standard InChI is InChI=1S/C18H18ClN3O2/c1-21(12-13-3-2-4-15(19)11-13)17(23)14-5-7-16(8-6-14)22-10-9-20-18(22)24/h2-8,11H,9-10,12H2,1H3,(H,20,24). The SMILES string of the molecule is CN(Cc1cccc(Cl)c1)C(=O)c1ccc(N2CCNC2=O)cc1. The molecule has 6 heteroatoms. The monoisotopic (exact) mass is 343 g/mol. The maximum absolute atomic E-state index is 12.5. The minimum Gasteiger partial charge on any atom is -0.337 e. The van der Waals surface area contributed by atoms with Gasteiger partial charge in [-0.25, -0.2) is 4.79 Å². The molecule has 2 aromatic rings. The van der Waals surface area contributed by atoms with Crippen LogP contribution in [0.5, 0.6) is 0 Å². The quantitative estimate of drug-likeness (QED) is 0.927. The molecule has 5 nitrogen and oxygen atoms in total. The molecular weight excluding hydrogens is 326 g/mol. The van der Waals surface area contributed by atoms with Crippen molar-refractivity contribution in [2.24, 2.45) is 0 Å². The van der Waals surface area contributed by atoms with E-state index >= 15 is 0 Å². The van der Waals surface area contributed by atoms with Gasteiger partial charge < -0.3 is 10.2 Å². The van der Waals surface area contributed by atoms with Gasteiger partial charge in [0.2, 0.25) is 0 Å². The van der Waals surface area contributed by atoms with Crippen LogP contribution in [0.3, 0.4) is 0 Å². The number of anilines is 1. The van der Waals surface area contributed by atoms with E-state index in [2.05, 4.69) is 5.32 Å². The lowest BCUT2D eigenvalue weighted by Gasteiger charge is -2.19. The highest BCUT2D eigenvalue weighted by atomic mass is 35.5. The Morgan fingerprint density at radius 3 is 2.62 bits per heavy atom. The first kappa shape index (κ1) is 16.3. The van der Waals surface area contributed by atoms with Crippen molar-refractivity contribution in [3.8, 4) is 0 Å². The van der Waals surface area contributed by atoms with Crippen molar-refractivity contribution in [1.82, 2.24) is 10.2 Å². The molecule has 0 aromatic heterocycles. The zero-order valence-electron chi connectivity index (χ0n) is 13.3. The van der Waals surface area contributed by atoms with Gasteiger partial charge in [0.05, 0.1) is 0 Å². The molecule has 1 saturated heterocycles. The van der Waals surface area contributed by atoms with Gasteiger partial charge in [0, 0.05) is 43.0 Å². The average Bonchev–Trinajstić information content (AvgIpc) is 3.00. The summed E-state index contributed by atoms with van der Waals surface area (Å²) in [6.45, 7) is 1.76. The van der Waals surface area contributed by atoms with E-state index in [9.17, 15) is 9.59 Å². The van der Waals surface area contributed by atoms with Gasteiger partial charge in [0.1, 0.15) is 0 Å². The van der Waals surface area contributed by atoms with Gasteiger partial charge in [-0.15, -0.1) is 0 Å². The van der Waals surface area contributed by atoms with Crippen molar-refractivity contribution in [2.45, 2.75) is 6.54 Å². The number of halogens is 1. The third kappa shape index (κ3) is 3.51. The van der Waals surface area contributed by atoms with Crippen LogP contribution in [0.4, 0.5) is 10.5 Å². The Hall–Kier alpha value is -2.53. The van der Waals surface area contributed by atoms with Gasteiger partial charge in [-0.1, -0.05) is 23.7 Å². The second-order valence-electron chi connectivity index (χ2n) is 5.72. The van der Waals surface area contributed by atoms with Crippen molar-refractivity contribution in [3.63, 3.8) is 0 Å². The van der Waals surface area contributed by atoms with Crippen LogP contribution in [-0.2, 0) is 6.54 Å². The molecule has 3 rings (SSSR count). The highest BCUT2D eigenvalue weighted by molar-refractivity contribution is 6.30. The Bertz CT molecular complexity index is 761. The van der Waals surface area contributed by atoms with E-state index < -0.39 is 0 Å². The molecule has 0 atom stereocenters. The summed E-state index contributed by atoms with van der Waals surface area (Å²) in [5, 5.41) is 3.41. The molecule has 1 N–H and O–H groups in total. The largest absolute Gasteiger partial charge is 0.337 e. The van der Waals surface area contributed by atoms with Crippen LogP contribution in [0.2, 0.25) is 5.02 Å². The highest BCUT2D eigenvalue weighted by Gasteiger charge is 2.21. The van der Waals surface area contributed by atoms with Gasteiger partial charge in [-0.3, -0.25) is 9.69 Å². The summed E-state index contributed by atoms with van der Waals surface area (Å²) >= 11 is 5.98. The number of carbonyl (C=O) groups is 2. The molecule has 0 saturated carbocycles. The molecule has 0 bridgehead atoms. The molecule has 2 aromatic carbocycles. The van der Waals surface area contributed by atoms with Crippen LogP contribution >= 0.6 is 11.6 Å². The first-order valence-corrected chi connectivity index (χ1v) is 8.08. The fourth-order valence-corrected chi connectivity index (χ4v) is 2.92. The third-order valence-electron chi connectivity index (χ3n) is 3.94. The summed E-state index contributed by atoms with van der Waals surface area (Å²) in [4.78, 5) is 27.5. The summed E-state index contributed by atoms with van der Waals surface area (Å²) < 4.78 is 0. The lowest BCUT2D eigenvalue weighted by molar-refractivity contribution is 0.0785. The fraction of sp³-hybridized carbons (Fsp3) is 0.222. The number of rotatable bonds is 4. The lowest BCUT2D eigenvalue weighted by atomic mass is 10.1. The molecule has 1 heterocycles. The summed E-state index contributed by atoms with van der Waals surface area (Å²) in [6, 6.07) is 14.4. The second-order valence-corrected chi connectivity index (χ2v) is 6.16. The lowest BCUT2D eigenvalue weighted by Crippen LogP contribution is -2.28. The van der Waals surface area contributed by atoms with Crippen LogP contribution in [0.1, 0.15) is 15.9 Å². The molecule has 1 aliphatic rings. The number of benzene rings is 2. The molecule has 1 aliphatic heterocycles. The van der Waals surface area contributed by atoms with Gasteiger partial charge in [-0.2, -0.15) is 0 Å². The van der Waals surface area contributed by atoms with Crippen molar-refractivity contribution in [3.05, 3.63) is 64.7 Å². The highest BCUT2D eigenvalue weighted by Crippen LogP contribution is 2.19. The van der Waals surface area contributed by atoms with Crippen molar-refractivity contribution in [2.75, 3.05) is 25.0 Å². The number of hydrogen-bond donors (Lipinski definition) is 1. The molecule has 0 unspecified atom stereocenters. The molecule has 0 radical (unpaired) electrons. The maximum Gasteiger partial charge on any atom is 0.321 e. The van der Waals surface area contributed by atoms with Gasteiger partial charge in [0.15, 0.2) is 0 Å². The Labute approximate surface area is 145 Å². The molecule has 1 fully saturated rings. The average molecular weight is 344 g/mol. The van der Waals surface area contributed by atoms with E-state index in [1.165, 1.54) is 0 Å². The van der Waals surface area contributed by atoms with Crippen LogP contribution in [-0.4, -0.2) is 37.0 Å². The summed E-state index contributed by atoms with van der Waals surface area (Å²) in [5.41, 5.74) is 2.35. The predicted octanol–water partition coefficient (Wildman–Crippen LogP) is 3.14. The molecule has 0 spiro atoms. The third-order valence-corrected chi connectivity index (χ3v) is 4.17. The first-order chi connectivity index (χ1) is 11.5. The zero-order chi connectivity index (χ0) is 17.1. The summed E-state index contributed by atoms with van der Waals surface area (Å²) in [7, 11) is 1.76. The molecule has 24 heavy (non-hydrogen) atoms. The van der Waals surface area contributed by atoms with Crippen molar-refractivity contribution in [1.29, 1.82) is 0 Å². The van der Waals surface area contributed by atoms with Crippen LogP contribution in [0.15, 0.2) is 48.5 Å². The van der Waals surface area contributed by atoms with Gasteiger partial charge >= 0.3 is 6.03 Å². The predicted molar refractivity (Wildman–Crippen MR) is 94.4 cm³/mol. The minimum atomic E-state index is -0.104. The smallest absolute Gasteiger partial charge is 0.321 e. The van der Waals surface area contributed by atoms with Crippen molar-refractivity contribution < 1.29 is 9.59 Å². The summed E-state index contributed by atoms with van der Waals surface area (Å²) in [5.74, 6) is -0.0765. The number of amides is 3. The number of urea groups is 1. The molecule has 124 valence electrons. The Kier molecular flexibility index (Phi) is 4.71. The van der Waals surface area contributed by atoms with Gasteiger partial charge in [-0.05, 0) is 42.0 Å². The second kappa shape index (κ2) is 6.93. The Morgan fingerprint density at radius 1 is 1.25 bits per heavy atom. The fourth-order valence-electron chi connectivity index (χ4n) is 2.70. The van der Waals surface area contributed by atoms with Crippen LogP contribution in [0, 0.1) is 0 Å². The summed E-state index contributed by atoms with van der Waals surface area (Å²) in [6.07, 6.45) is 0. The van der Waals surface area contributed by atoms with E-state index in [0.717, 1.165) is 11.3 Å². The normalized spacial score (nSPS) is 13.8. The zero-order valence-corrected chi connectivity index (χ0v) is 14.1. The molecule has 3 amide bonds. The minimum absolute atomic E-state index is 0.0765. The number of hydrogen-bond acceptors (Lipinski definition) is 2. The maximum atomic E-state index is 12.5. The van der Waals surface area contributed by atoms with E-state index in [1.807, 2.05) is 18.2 Å². The van der Waals surface area contributed by atoms with Crippen molar-refractivity contribution >= 4 is 29.2 Å². The van der Waals surface area contributed by atoms with E-state index in [-0.39, 0.29) is 11.9 Å². The number of nitrogens with one attached hydrogen (secondary N) is 1. The molecular formula is C18H18ClN3O2. The molecule has 0 aliphatic carbocycles.